The van der Waals surface area contributed by atoms with Crippen molar-refractivity contribution in [2.75, 3.05) is 39.4 Å². The molecule has 2 aromatic heterocycles. The van der Waals surface area contributed by atoms with Gasteiger partial charge in [0.1, 0.15) is 36.0 Å². The number of aliphatic hydroxyl groups excluding tert-OH is 1. The summed E-state index contributed by atoms with van der Waals surface area (Å²) in [5, 5.41) is 22.0. The van der Waals surface area contributed by atoms with Gasteiger partial charge in [0.15, 0.2) is 6.61 Å². The van der Waals surface area contributed by atoms with Gasteiger partial charge in [-0.3, -0.25) is 38.1 Å². The van der Waals surface area contributed by atoms with Gasteiger partial charge in [-0.15, -0.1) is 22.7 Å². The molecule has 0 aliphatic carbocycles. The van der Waals surface area contributed by atoms with Crippen LogP contribution in [0.5, 0.6) is 5.75 Å². The summed E-state index contributed by atoms with van der Waals surface area (Å²) in [6.07, 6.45) is -1.39. The summed E-state index contributed by atoms with van der Waals surface area (Å²) >= 11 is 2.46. The molecule has 7 atom stereocenters. The van der Waals surface area contributed by atoms with Gasteiger partial charge in [0, 0.05) is 42.7 Å². The first-order valence-corrected chi connectivity index (χ1v) is 32.3. The van der Waals surface area contributed by atoms with Crippen molar-refractivity contribution >= 4 is 81.7 Å². The second-order valence-corrected chi connectivity index (χ2v) is 28.4. The Morgan fingerprint density at radius 1 is 0.809 bits per heavy atom. The zero-order valence-electron chi connectivity index (χ0n) is 50.5. The number of nitrogens with one attached hydrogen (secondary N) is 4. The molecule has 3 aliphatic heterocycles. The summed E-state index contributed by atoms with van der Waals surface area (Å²) in [5.41, 5.74) is -0.625. The van der Waals surface area contributed by atoms with Crippen molar-refractivity contribution in [3.63, 3.8) is 0 Å². The maximum atomic E-state index is 15.3. The molecule has 9 rings (SSSR count). The van der Waals surface area contributed by atoms with E-state index in [9.17, 15) is 57.0 Å². The summed E-state index contributed by atoms with van der Waals surface area (Å²) in [6.45, 7) is 13.5. The van der Waals surface area contributed by atoms with Crippen molar-refractivity contribution < 1.29 is 71.3 Å². The molecule has 0 unspecified atom stereocenters. The molecule has 0 saturated carbocycles. The van der Waals surface area contributed by atoms with Gasteiger partial charge in [-0.2, -0.15) is 8.78 Å². The molecule has 89 heavy (non-hydrogen) atoms. The first kappa shape index (κ1) is 65.9. The van der Waals surface area contributed by atoms with Crippen LogP contribution in [0.25, 0.3) is 20.5 Å². The summed E-state index contributed by atoms with van der Waals surface area (Å²) < 4.78 is 53.5. The Bertz CT molecular complexity index is 3700. The highest BCUT2D eigenvalue weighted by molar-refractivity contribution is 7.52. The molecule has 2 saturated heterocycles. The van der Waals surface area contributed by atoms with Crippen LogP contribution in [0, 0.1) is 17.8 Å². The van der Waals surface area contributed by atoms with Crippen LogP contribution >= 0.6 is 30.3 Å². The molecule has 26 heteroatoms. The molecule has 3 aliphatic rings. The number of β-amino-alcohol motifs (C(OH)–C–C–N with tert-alkyl or cyclic N) is 1. The number of nitrogens with zero attached hydrogens (tertiary/aromatic N) is 4. The number of hydrogen-bond donors (Lipinski definition) is 7. The molecule has 21 nitrogen and oxygen atoms in total. The number of rotatable bonds is 18. The Morgan fingerprint density at radius 3 is 2.16 bits per heavy atom. The summed E-state index contributed by atoms with van der Waals surface area (Å²) in [4.78, 5) is 128. The molecule has 2 fully saturated rings. The number of alkyl halides is 2. The van der Waals surface area contributed by atoms with E-state index in [1.807, 2.05) is 68.4 Å². The van der Waals surface area contributed by atoms with Gasteiger partial charge in [-0.05, 0) is 88.2 Å². The maximum absolute atomic E-state index is 15.3. The zero-order valence-corrected chi connectivity index (χ0v) is 53.0. The van der Waals surface area contributed by atoms with E-state index in [0.717, 1.165) is 50.7 Å². The number of fused-ring (bicyclic) bond motifs is 2. The fraction of sp³-hybridized carbons (Fsp3) is 0.429. The minimum Gasteiger partial charge on any atom is -0.484 e. The third-order valence-electron chi connectivity index (χ3n) is 16.1. The van der Waals surface area contributed by atoms with Crippen LogP contribution in [-0.4, -0.2) is 146 Å². The fourth-order valence-corrected chi connectivity index (χ4v) is 13.4. The first-order chi connectivity index (χ1) is 41.9. The van der Waals surface area contributed by atoms with Crippen molar-refractivity contribution in [2.24, 2.45) is 10.8 Å². The topological polar surface area (TPSA) is 286 Å². The van der Waals surface area contributed by atoms with E-state index in [-0.39, 0.29) is 67.5 Å². The van der Waals surface area contributed by atoms with Crippen LogP contribution in [0.1, 0.15) is 110 Å². The van der Waals surface area contributed by atoms with Crippen molar-refractivity contribution in [3.05, 3.63) is 141 Å². The van der Waals surface area contributed by atoms with Crippen LogP contribution in [0.4, 0.5) is 8.78 Å². The minimum atomic E-state index is -5.89. The number of aromatic nitrogens is 1. The standard InChI is InChI=1S/C63H73F2N8O13PS2/c1-35(37-14-16-39(17-15-37)53-36(2)67-34-88-53)68-56(77)46-28-44(74)31-73(46)59(80)54(61(3,4)5)69-51(75)29-66-52(76)33-86-45-20-18-40-26-47(58(79)71-22-23-85-48(32-71)38-12-10-9-11-13-38)72(30-42(40)25-45)60(81)55(62(6,7)8)70-57(78)50-27-41-24-43(19-21-49(41)89-50)63(64,65)87(82,83)84/h9-21,24-25,27,34-35,44,46-48,54-55,74H,22-23,26,28-33H2,1-8H3,(H,66,76)(H,68,77)(H,69,75)(H,70,78)(H2,82,83,84)/t35-,44+,46-,47-,48-,54+,55+/m0/s1. The second-order valence-electron chi connectivity index (χ2n) is 24.8. The largest absolute Gasteiger partial charge is 0.484 e. The molecule has 474 valence electrons. The van der Waals surface area contributed by atoms with Crippen molar-refractivity contribution in [1.29, 1.82) is 0 Å². The number of amides is 7. The number of halogens is 2. The van der Waals surface area contributed by atoms with Gasteiger partial charge in [0.05, 0.1) is 52.8 Å². The fourth-order valence-electron chi connectivity index (χ4n) is 11.2. The van der Waals surface area contributed by atoms with Crippen LogP contribution in [0.2, 0.25) is 0 Å². The van der Waals surface area contributed by atoms with E-state index in [0.29, 0.717) is 15.8 Å². The highest BCUT2D eigenvalue weighted by Gasteiger charge is 2.51. The van der Waals surface area contributed by atoms with E-state index in [4.69, 9.17) is 9.47 Å². The number of thiazole rings is 1. The highest BCUT2D eigenvalue weighted by atomic mass is 32.1. The number of aliphatic hydroxyl groups is 1. The number of aryl methyl sites for hydroxylation is 1. The van der Waals surface area contributed by atoms with Crippen LogP contribution in [-0.2, 0) is 56.7 Å². The quantitative estimate of drug-likeness (QED) is 0.0422. The molecule has 4 aromatic carbocycles. The Balaban J connectivity index is 0.857. The molecular weight excluding hydrogens is 1210 g/mol. The van der Waals surface area contributed by atoms with E-state index in [1.165, 1.54) is 33.3 Å². The van der Waals surface area contributed by atoms with Crippen LogP contribution < -0.4 is 26.0 Å². The first-order valence-electron chi connectivity index (χ1n) is 29.0. The average Bonchev–Trinajstić information content (AvgIpc) is 1.77. The lowest BCUT2D eigenvalue weighted by Gasteiger charge is -2.43. The van der Waals surface area contributed by atoms with Gasteiger partial charge in [-0.1, -0.05) is 108 Å². The zero-order chi connectivity index (χ0) is 64.5. The predicted octanol–water partition coefficient (Wildman–Crippen LogP) is 7.12. The monoisotopic (exact) mass is 1280 g/mol. The van der Waals surface area contributed by atoms with Crippen molar-refractivity contribution in [3.8, 4) is 16.2 Å². The molecule has 7 amide bonds. The van der Waals surface area contributed by atoms with E-state index < -0.39 is 121 Å². The van der Waals surface area contributed by atoms with Gasteiger partial charge in [-0.25, -0.2) is 4.98 Å². The van der Waals surface area contributed by atoms with E-state index in [1.54, 1.807) is 70.2 Å². The highest BCUT2D eigenvalue weighted by Crippen LogP contribution is 2.59. The number of carbonyl (C=O) groups excluding carboxylic acids is 7. The smallest absolute Gasteiger partial charge is 0.399 e. The number of benzene rings is 4. The van der Waals surface area contributed by atoms with Crippen LogP contribution in [0.15, 0.2) is 103 Å². The molecule has 7 N–H and O–H groups in total. The molecule has 0 bridgehead atoms. The van der Waals surface area contributed by atoms with Gasteiger partial charge >= 0.3 is 13.3 Å². The summed E-state index contributed by atoms with van der Waals surface area (Å²) in [5.74, 6) is -3.93. The lowest BCUT2D eigenvalue weighted by atomic mass is 9.84. The molecule has 0 radical (unpaired) electrons. The molecule has 0 spiro atoms. The van der Waals surface area contributed by atoms with Gasteiger partial charge in [0.25, 0.3) is 11.8 Å². The van der Waals surface area contributed by atoms with Gasteiger partial charge < -0.3 is 60.3 Å². The molecule has 6 aromatic rings. The number of morpholine rings is 1. The normalized spacial score (nSPS) is 19.2. The third kappa shape index (κ3) is 15.1. The number of hydrogen-bond acceptors (Lipinski definition) is 14. The summed E-state index contributed by atoms with van der Waals surface area (Å²) in [7, 11) is -5.89. The van der Waals surface area contributed by atoms with E-state index in [2.05, 4.69) is 26.3 Å². The number of likely N-dealkylation sites (tertiary alicyclic amines) is 1. The molecular formula is C63H73F2N8O13PS2. The summed E-state index contributed by atoms with van der Waals surface area (Å²) in [6, 6.07) is 21.5. The number of thiophene rings is 1. The van der Waals surface area contributed by atoms with E-state index >= 15 is 4.79 Å². The van der Waals surface area contributed by atoms with Gasteiger partial charge in [0.2, 0.25) is 29.5 Å². The predicted molar refractivity (Wildman–Crippen MR) is 330 cm³/mol. The Kier molecular flexibility index (Phi) is 19.6. The van der Waals surface area contributed by atoms with Crippen LogP contribution in [0.3, 0.4) is 0 Å². The number of carbonyl (C=O) groups is 7. The Hall–Kier alpha value is -7.51. The second kappa shape index (κ2) is 26.5. The third-order valence-corrected chi connectivity index (χ3v) is 19.2. The Labute approximate surface area is 521 Å². The minimum absolute atomic E-state index is 0.0122. The Morgan fingerprint density at radius 2 is 1.49 bits per heavy atom. The maximum Gasteiger partial charge on any atom is 0.399 e. The number of ether oxygens (including phenoxy) is 2. The van der Waals surface area contributed by atoms with Crippen molar-refractivity contribution in [1.82, 2.24) is 41.0 Å². The lowest BCUT2D eigenvalue weighted by Crippen LogP contribution is -2.61. The lowest BCUT2D eigenvalue weighted by molar-refractivity contribution is -0.153. The SMILES string of the molecule is Cc1ncsc1-c1ccc([C@H](C)NC(=O)[C@@H]2C[C@@H](O)CN2C(=O)[C@@H](NC(=O)CNC(=O)COc2ccc3c(c2)CN(C(=O)[C@@H](NC(=O)c2cc4cc(C(F)(F)P(=O)(O)O)ccc4s2)C(C)(C)C)[C@H](C(=O)N2CCO[C@H](c4ccccc4)C2)C3)C(C)(C)C)cc1. The van der Waals surface area contributed by atoms with Crippen molar-refractivity contribution in [2.45, 2.75) is 123 Å². The molecule has 5 heterocycles. The average molecular weight is 1280 g/mol.